The van der Waals surface area contributed by atoms with Gasteiger partial charge in [-0.1, -0.05) is 43.6 Å². The minimum Gasteiger partial charge on any atom is -0.347 e. The fourth-order valence-electron chi connectivity index (χ4n) is 1.85. The summed E-state index contributed by atoms with van der Waals surface area (Å²) >= 11 is 5.98. The standard InChI is InChI=1S/C15H22ClN3O2/c1-3-19(4-2)10-9-17-14(20)15(21)18-11-12-7-5-6-8-13(12)16/h5-8H,3-4,9-11H2,1-2H3,(H,17,20)(H,18,21). The van der Waals surface area contributed by atoms with E-state index in [1.165, 1.54) is 0 Å². The second-order valence-corrected chi connectivity index (χ2v) is 4.96. The lowest BCUT2D eigenvalue weighted by Gasteiger charge is -2.17. The number of amides is 2. The molecule has 0 bridgehead atoms. The molecule has 0 heterocycles. The third kappa shape index (κ3) is 6.14. The van der Waals surface area contributed by atoms with Gasteiger partial charge in [0.15, 0.2) is 0 Å². The summed E-state index contributed by atoms with van der Waals surface area (Å²) in [5, 5.41) is 5.73. The van der Waals surface area contributed by atoms with Gasteiger partial charge in [0, 0.05) is 24.7 Å². The van der Waals surface area contributed by atoms with E-state index >= 15 is 0 Å². The van der Waals surface area contributed by atoms with Gasteiger partial charge in [-0.3, -0.25) is 9.59 Å². The van der Waals surface area contributed by atoms with Crippen molar-refractivity contribution in [2.24, 2.45) is 0 Å². The van der Waals surface area contributed by atoms with Gasteiger partial charge in [0.1, 0.15) is 0 Å². The van der Waals surface area contributed by atoms with Crippen molar-refractivity contribution in [2.45, 2.75) is 20.4 Å². The third-order valence-corrected chi connectivity index (χ3v) is 3.58. The van der Waals surface area contributed by atoms with E-state index in [4.69, 9.17) is 11.6 Å². The van der Waals surface area contributed by atoms with Crippen LogP contribution in [-0.2, 0) is 16.1 Å². The Morgan fingerprint density at radius 3 is 2.33 bits per heavy atom. The second kappa shape index (κ2) is 9.37. The Labute approximate surface area is 130 Å². The largest absolute Gasteiger partial charge is 0.347 e. The average molecular weight is 312 g/mol. The summed E-state index contributed by atoms with van der Waals surface area (Å²) in [5.41, 5.74) is 0.781. The summed E-state index contributed by atoms with van der Waals surface area (Å²) in [5.74, 6) is -1.26. The number of nitrogens with one attached hydrogen (secondary N) is 2. The molecular formula is C15H22ClN3O2. The molecule has 2 N–H and O–H groups in total. The van der Waals surface area contributed by atoms with Gasteiger partial charge in [0.2, 0.25) is 0 Å². The van der Waals surface area contributed by atoms with Gasteiger partial charge in [0.25, 0.3) is 0 Å². The fourth-order valence-corrected chi connectivity index (χ4v) is 2.05. The van der Waals surface area contributed by atoms with Crippen molar-refractivity contribution in [1.29, 1.82) is 0 Å². The van der Waals surface area contributed by atoms with Crippen LogP contribution in [0, 0.1) is 0 Å². The highest BCUT2D eigenvalue weighted by Crippen LogP contribution is 2.14. The van der Waals surface area contributed by atoms with Crippen LogP contribution in [0.3, 0.4) is 0 Å². The van der Waals surface area contributed by atoms with E-state index in [1.54, 1.807) is 12.1 Å². The molecule has 0 aliphatic heterocycles. The average Bonchev–Trinajstić information content (AvgIpc) is 2.50. The molecular weight excluding hydrogens is 290 g/mol. The molecule has 0 aromatic heterocycles. The molecule has 0 spiro atoms. The summed E-state index contributed by atoms with van der Waals surface area (Å²) in [6.07, 6.45) is 0. The smallest absolute Gasteiger partial charge is 0.309 e. The number of benzene rings is 1. The van der Waals surface area contributed by atoms with Crippen molar-refractivity contribution < 1.29 is 9.59 Å². The van der Waals surface area contributed by atoms with Crippen molar-refractivity contribution in [3.63, 3.8) is 0 Å². The summed E-state index contributed by atoms with van der Waals surface area (Å²) < 4.78 is 0. The monoisotopic (exact) mass is 311 g/mol. The van der Waals surface area contributed by atoms with Gasteiger partial charge in [0.05, 0.1) is 0 Å². The number of rotatable bonds is 7. The Kier molecular flexibility index (Phi) is 7.79. The summed E-state index contributed by atoms with van der Waals surface area (Å²) in [7, 11) is 0. The summed E-state index contributed by atoms with van der Waals surface area (Å²) in [4.78, 5) is 25.5. The molecule has 21 heavy (non-hydrogen) atoms. The van der Waals surface area contributed by atoms with Crippen LogP contribution in [-0.4, -0.2) is 42.9 Å². The van der Waals surface area contributed by atoms with Crippen molar-refractivity contribution in [3.8, 4) is 0 Å². The molecule has 0 unspecified atom stereocenters. The van der Waals surface area contributed by atoms with E-state index < -0.39 is 11.8 Å². The lowest BCUT2D eigenvalue weighted by atomic mass is 10.2. The molecule has 2 amide bonds. The van der Waals surface area contributed by atoms with Crippen LogP contribution in [0.5, 0.6) is 0 Å². The van der Waals surface area contributed by atoms with Crippen LogP contribution in [0.1, 0.15) is 19.4 Å². The topological polar surface area (TPSA) is 61.4 Å². The number of carbonyl (C=O) groups is 2. The van der Waals surface area contributed by atoms with Gasteiger partial charge in [-0.2, -0.15) is 0 Å². The van der Waals surface area contributed by atoms with Crippen LogP contribution in [0.4, 0.5) is 0 Å². The van der Waals surface area contributed by atoms with Gasteiger partial charge in [-0.05, 0) is 24.7 Å². The van der Waals surface area contributed by atoms with E-state index in [1.807, 2.05) is 12.1 Å². The predicted octanol–water partition coefficient (Wildman–Crippen LogP) is 1.41. The molecule has 116 valence electrons. The maximum Gasteiger partial charge on any atom is 0.309 e. The molecule has 1 aromatic carbocycles. The molecule has 0 aliphatic carbocycles. The lowest BCUT2D eigenvalue weighted by molar-refractivity contribution is -0.139. The van der Waals surface area contributed by atoms with Gasteiger partial charge < -0.3 is 15.5 Å². The molecule has 6 heteroatoms. The number of hydrogen-bond acceptors (Lipinski definition) is 3. The normalized spacial score (nSPS) is 10.5. The molecule has 1 rings (SSSR count). The zero-order valence-electron chi connectivity index (χ0n) is 12.5. The maximum atomic E-state index is 11.7. The zero-order chi connectivity index (χ0) is 15.7. The predicted molar refractivity (Wildman–Crippen MR) is 84.1 cm³/mol. The molecule has 0 radical (unpaired) electrons. The van der Waals surface area contributed by atoms with E-state index in [9.17, 15) is 9.59 Å². The van der Waals surface area contributed by atoms with Crippen LogP contribution >= 0.6 is 11.6 Å². The van der Waals surface area contributed by atoms with Gasteiger partial charge in [-0.25, -0.2) is 0 Å². The highest BCUT2D eigenvalue weighted by molar-refractivity contribution is 6.35. The Bertz CT molecular complexity index is 476. The van der Waals surface area contributed by atoms with Gasteiger partial charge >= 0.3 is 11.8 Å². The van der Waals surface area contributed by atoms with Crippen LogP contribution in [0.2, 0.25) is 5.02 Å². The number of halogens is 1. The first-order valence-electron chi connectivity index (χ1n) is 7.10. The molecule has 0 saturated carbocycles. The Morgan fingerprint density at radius 1 is 1.10 bits per heavy atom. The minimum absolute atomic E-state index is 0.238. The van der Waals surface area contributed by atoms with E-state index in [-0.39, 0.29) is 6.54 Å². The number of nitrogens with zero attached hydrogens (tertiary/aromatic N) is 1. The van der Waals surface area contributed by atoms with E-state index in [2.05, 4.69) is 29.4 Å². The summed E-state index contributed by atoms with van der Waals surface area (Å²) in [6.45, 7) is 7.39. The van der Waals surface area contributed by atoms with Crippen LogP contribution < -0.4 is 10.6 Å². The number of likely N-dealkylation sites (N-methyl/N-ethyl adjacent to an activating group) is 1. The van der Waals surface area contributed by atoms with Crippen molar-refractivity contribution >= 4 is 23.4 Å². The first kappa shape index (κ1) is 17.5. The van der Waals surface area contributed by atoms with E-state index in [0.29, 0.717) is 11.6 Å². The number of hydrogen-bond donors (Lipinski definition) is 2. The van der Waals surface area contributed by atoms with Crippen molar-refractivity contribution in [1.82, 2.24) is 15.5 Å². The lowest BCUT2D eigenvalue weighted by Crippen LogP contribution is -2.42. The highest BCUT2D eigenvalue weighted by Gasteiger charge is 2.13. The minimum atomic E-state index is -0.644. The zero-order valence-corrected chi connectivity index (χ0v) is 13.2. The Hall–Kier alpha value is -1.59. The highest BCUT2D eigenvalue weighted by atomic mass is 35.5. The molecule has 0 aliphatic rings. The number of carbonyl (C=O) groups excluding carboxylic acids is 2. The quantitative estimate of drug-likeness (QED) is 0.749. The van der Waals surface area contributed by atoms with Crippen LogP contribution in [0.15, 0.2) is 24.3 Å². The van der Waals surface area contributed by atoms with Gasteiger partial charge in [-0.15, -0.1) is 0 Å². The van der Waals surface area contributed by atoms with E-state index in [0.717, 1.165) is 25.2 Å². The molecule has 0 fully saturated rings. The maximum absolute atomic E-state index is 11.7. The molecule has 0 saturated heterocycles. The second-order valence-electron chi connectivity index (χ2n) is 4.56. The Morgan fingerprint density at radius 2 is 1.71 bits per heavy atom. The van der Waals surface area contributed by atoms with Crippen molar-refractivity contribution in [3.05, 3.63) is 34.9 Å². The summed E-state index contributed by atoms with van der Waals surface area (Å²) in [6, 6.07) is 7.19. The molecule has 5 nitrogen and oxygen atoms in total. The van der Waals surface area contributed by atoms with Crippen molar-refractivity contribution in [2.75, 3.05) is 26.2 Å². The fraction of sp³-hybridized carbons (Fsp3) is 0.467. The first-order chi connectivity index (χ1) is 10.1. The SMILES string of the molecule is CCN(CC)CCNC(=O)C(=O)NCc1ccccc1Cl. The Balaban J connectivity index is 2.32. The third-order valence-electron chi connectivity index (χ3n) is 3.21. The van der Waals surface area contributed by atoms with Crippen LogP contribution in [0.25, 0.3) is 0 Å². The molecule has 1 aromatic rings. The first-order valence-corrected chi connectivity index (χ1v) is 7.48. The molecule has 0 atom stereocenters.